The summed E-state index contributed by atoms with van der Waals surface area (Å²) in [5.74, 6) is 2.46. The SMILES string of the molecule is NC(=O)C(CCCCNC(=O)C1CC2C=CC1C2)NC(=O)C(CCCCNC(=O)CBr)NC(=O)C(CCCCNC(=O)CBr)NC(=O)C(CCCCNC(=O)CBr)NC(=O)CCC(=O)N1Cc2ccccc2C#Cc2ccccc21. The van der Waals surface area contributed by atoms with Gasteiger partial charge in [-0.15, -0.1) is 0 Å². The van der Waals surface area contributed by atoms with E-state index in [1.54, 1.807) is 11.0 Å². The van der Waals surface area contributed by atoms with Crippen molar-refractivity contribution in [3.63, 3.8) is 0 Å². The lowest BCUT2D eigenvalue weighted by Gasteiger charge is -2.27. The average molecular weight is 1300 g/mol. The maximum Gasteiger partial charge on any atom is 0.243 e. The predicted octanol–water partition coefficient (Wildman–Crippen LogP) is 3.68. The molecular weight excluding hydrogens is 1220 g/mol. The van der Waals surface area contributed by atoms with Crippen molar-refractivity contribution in [3.05, 3.63) is 77.4 Å². The Labute approximate surface area is 493 Å². The Morgan fingerprint density at radius 3 is 1.49 bits per heavy atom. The first-order valence-corrected chi connectivity index (χ1v) is 30.9. The predicted molar refractivity (Wildman–Crippen MR) is 314 cm³/mol. The number of hydrogen-bond donors (Lipinski definition) is 9. The summed E-state index contributed by atoms with van der Waals surface area (Å²) in [7, 11) is 0. The lowest BCUT2D eigenvalue weighted by molar-refractivity contribution is -0.134. The van der Waals surface area contributed by atoms with E-state index in [-0.39, 0.29) is 116 Å². The normalized spacial score (nSPS) is 17.0. The Hall–Kier alpha value is -6.12. The minimum absolute atomic E-state index is 0.00798. The van der Waals surface area contributed by atoms with E-state index in [0.29, 0.717) is 81.6 Å². The van der Waals surface area contributed by atoms with Crippen LogP contribution in [0, 0.1) is 29.6 Å². The number of benzene rings is 2. The Balaban J connectivity index is 1.29. The first-order chi connectivity index (χ1) is 38.6. The first-order valence-electron chi connectivity index (χ1n) is 27.5. The molecule has 2 aliphatic carbocycles. The molecule has 0 saturated heterocycles. The zero-order valence-corrected chi connectivity index (χ0v) is 49.8. The van der Waals surface area contributed by atoms with Gasteiger partial charge in [-0.05, 0) is 125 Å². The van der Waals surface area contributed by atoms with Crippen LogP contribution >= 0.6 is 47.8 Å². The van der Waals surface area contributed by atoms with Gasteiger partial charge in [-0.1, -0.05) is 102 Å². The molecule has 7 atom stereocenters. The Morgan fingerprint density at radius 1 is 0.525 bits per heavy atom. The second-order valence-corrected chi connectivity index (χ2v) is 21.9. The van der Waals surface area contributed by atoms with Crippen molar-refractivity contribution < 1.29 is 47.9 Å². The van der Waals surface area contributed by atoms with Gasteiger partial charge in [-0.3, -0.25) is 47.9 Å². The number of nitrogens with two attached hydrogens (primary N) is 1. The molecule has 2 aromatic carbocycles. The Bertz CT molecular complexity index is 2590. The number of unbranched alkanes of at least 4 members (excludes halogenated alkanes) is 4. The molecule has 7 unspecified atom stereocenters. The number of anilines is 1. The molecule has 1 heterocycles. The Kier molecular flexibility index (Phi) is 28.2. The quantitative estimate of drug-likeness (QED) is 0.0209. The van der Waals surface area contributed by atoms with Crippen molar-refractivity contribution in [2.45, 2.75) is 133 Å². The van der Waals surface area contributed by atoms with Crippen LogP contribution in [-0.2, 0) is 54.5 Å². The topological polar surface area (TPSA) is 296 Å². The number of halogens is 3. The van der Waals surface area contributed by atoms with E-state index >= 15 is 0 Å². The molecule has 23 heteroatoms. The molecule has 10 N–H and O–H groups in total. The van der Waals surface area contributed by atoms with E-state index < -0.39 is 53.7 Å². The molecule has 1 saturated carbocycles. The molecule has 5 rings (SSSR count). The van der Waals surface area contributed by atoms with Crippen LogP contribution in [0.15, 0.2) is 60.7 Å². The molecule has 0 aromatic heterocycles. The summed E-state index contributed by atoms with van der Waals surface area (Å²) in [6.07, 6.45) is 9.31. The molecule has 2 aromatic rings. The minimum Gasteiger partial charge on any atom is -0.368 e. The third kappa shape index (κ3) is 21.7. The average Bonchev–Trinajstić information content (AvgIpc) is 4.11. The summed E-state index contributed by atoms with van der Waals surface area (Å²) < 4.78 is 0. The Morgan fingerprint density at radius 2 is 0.988 bits per heavy atom. The number of carbonyl (C=O) groups excluding carboxylic acids is 10. The van der Waals surface area contributed by atoms with Crippen molar-refractivity contribution in [1.29, 1.82) is 0 Å². The van der Waals surface area contributed by atoms with Crippen LogP contribution in [0.1, 0.15) is 119 Å². The molecule has 1 fully saturated rings. The molecule has 434 valence electrons. The van der Waals surface area contributed by atoms with Crippen LogP contribution < -0.4 is 53.2 Å². The van der Waals surface area contributed by atoms with Crippen LogP contribution in [0.3, 0.4) is 0 Å². The molecule has 0 spiro atoms. The number of amides is 10. The zero-order valence-electron chi connectivity index (χ0n) is 45.0. The van der Waals surface area contributed by atoms with Gasteiger partial charge in [0.25, 0.3) is 0 Å². The van der Waals surface area contributed by atoms with Gasteiger partial charge in [-0.2, -0.15) is 0 Å². The lowest BCUT2D eigenvalue weighted by atomic mass is 9.93. The van der Waals surface area contributed by atoms with Crippen molar-refractivity contribution in [1.82, 2.24) is 42.5 Å². The smallest absolute Gasteiger partial charge is 0.243 e. The molecule has 20 nitrogen and oxygen atoms in total. The van der Waals surface area contributed by atoms with E-state index in [9.17, 15) is 47.9 Å². The van der Waals surface area contributed by atoms with Crippen molar-refractivity contribution >= 4 is 113 Å². The standard InChI is InChI=1S/C57H75Br3N10O10/c58-33-49(72)62-27-9-6-17-44(66-48(71)25-26-52(75)70-36-41-15-2-1-13-38(41)23-24-39-14-3-4-20-47(39)70)55(78)68-46(19-8-11-29-64-51(74)35-60)57(80)69-45(18-7-10-28-63-50(73)34-59)56(79)67-43(53(61)76)16-5-12-30-65-54(77)42-32-37-21-22-40(42)31-37/h1-4,13-15,20-22,37,40,42-46H,5-12,16-19,25-36H2,(H2,61,76)(H,62,72)(H,63,73)(H,64,74)(H,65,77)(H,66,71)(H,67,79)(H,68,78)(H,69,80). The molecule has 80 heavy (non-hydrogen) atoms. The van der Waals surface area contributed by atoms with Gasteiger partial charge in [0.15, 0.2) is 0 Å². The van der Waals surface area contributed by atoms with Gasteiger partial charge in [0.05, 0.1) is 28.2 Å². The summed E-state index contributed by atoms with van der Waals surface area (Å²) in [6, 6.07) is 9.97. The van der Waals surface area contributed by atoms with Gasteiger partial charge in [0.1, 0.15) is 24.2 Å². The summed E-state index contributed by atoms with van der Waals surface area (Å²) in [6.45, 7) is 1.46. The van der Waals surface area contributed by atoms with Crippen LogP contribution in [0.4, 0.5) is 5.69 Å². The molecule has 1 aliphatic heterocycles. The summed E-state index contributed by atoms with van der Waals surface area (Å²) in [4.78, 5) is 134. The molecule has 0 radical (unpaired) electrons. The summed E-state index contributed by atoms with van der Waals surface area (Å²) >= 11 is 9.36. The minimum atomic E-state index is -1.27. The number of alkyl halides is 3. The highest BCUT2D eigenvalue weighted by Gasteiger charge is 2.39. The highest BCUT2D eigenvalue weighted by molar-refractivity contribution is 9.09. The molecule has 2 bridgehead atoms. The van der Waals surface area contributed by atoms with Crippen molar-refractivity contribution in [2.24, 2.45) is 23.5 Å². The number of hydrogen-bond acceptors (Lipinski definition) is 10. The van der Waals surface area contributed by atoms with Crippen LogP contribution in [0.25, 0.3) is 0 Å². The lowest BCUT2D eigenvalue weighted by Crippen LogP contribution is -2.58. The van der Waals surface area contributed by atoms with Crippen LogP contribution in [0.5, 0.6) is 0 Å². The maximum atomic E-state index is 14.5. The fraction of sp³-hybridized carbons (Fsp3) is 0.544. The van der Waals surface area contributed by atoms with Gasteiger partial charge in [0.2, 0.25) is 59.1 Å². The fourth-order valence-electron chi connectivity index (χ4n) is 9.88. The summed E-state index contributed by atoms with van der Waals surface area (Å²) in [5, 5.41) is 22.7. The fourth-order valence-corrected chi connectivity index (χ4v) is 10.5. The van der Waals surface area contributed by atoms with Crippen LogP contribution in [0.2, 0.25) is 0 Å². The third-order valence-corrected chi connectivity index (χ3v) is 15.8. The highest BCUT2D eigenvalue weighted by Crippen LogP contribution is 2.43. The number of para-hydroxylation sites is 1. The van der Waals surface area contributed by atoms with E-state index in [4.69, 9.17) is 5.73 Å². The van der Waals surface area contributed by atoms with E-state index in [2.05, 4.69) is 114 Å². The second-order valence-electron chi connectivity index (χ2n) is 20.2. The van der Waals surface area contributed by atoms with Gasteiger partial charge in [-0.25, -0.2) is 0 Å². The number of nitrogens with one attached hydrogen (secondary N) is 8. The van der Waals surface area contributed by atoms with E-state index in [1.165, 1.54) is 0 Å². The highest BCUT2D eigenvalue weighted by atomic mass is 79.9. The number of primary amides is 1. The molecular formula is C57H75Br3N10O10. The summed E-state index contributed by atoms with van der Waals surface area (Å²) in [5.41, 5.74) is 8.66. The third-order valence-electron chi connectivity index (χ3n) is 14.2. The van der Waals surface area contributed by atoms with E-state index in [1.807, 2.05) is 42.5 Å². The number of fused-ring (bicyclic) bond motifs is 4. The number of allylic oxidation sites excluding steroid dienone is 2. The molecule has 3 aliphatic rings. The first kappa shape index (κ1) is 64.7. The van der Waals surface area contributed by atoms with Crippen molar-refractivity contribution in [3.8, 4) is 11.8 Å². The largest absolute Gasteiger partial charge is 0.368 e. The van der Waals surface area contributed by atoms with Gasteiger partial charge >= 0.3 is 0 Å². The number of nitrogens with zero attached hydrogens (tertiary/aromatic N) is 1. The van der Waals surface area contributed by atoms with Gasteiger partial charge < -0.3 is 53.2 Å². The monoisotopic (exact) mass is 1300 g/mol. The molecule has 10 amide bonds. The second kappa shape index (κ2) is 34.9. The van der Waals surface area contributed by atoms with E-state index in [0.717, 1.165) is 24.0 Å². The number of carbonyl (C=O) groups is 10. The maximum absolute atomic E-state index is 14.5. The van der Waals surface area contributed by atoms with Gasteiger partial charge in [0, 0.05) is 56.1 Å². The number of rotatable bonds is 35. The van der Waals surface area contributed by atoms with Crippen LogP contribution in [-0.4, -0.2) is 125 Å². The zero-order chi connectivity index (χ0) is 57.8. The van der Waals surface area contributed by atoms with Crippen molar-refractivity contribution in [2.75, 3.05) is 47.1 Å².